The third kappa shape index (κ3) is 4.90. The van der Waals surface area contributed by atoms with Gasteiger partial charge in [-0.05, 0) is 43.2 Å². The molecule has 2 aromatic carbocycles. The zero-order chi connectivity index (χ0) is 20.3. The molecule has 1 fully saturated rings. The summed E-state index contributed by atoms with van der Waals surface area (Å²) in [6.45, 7) is 0.774. The zero-order valence-electron chi connectivity index (χ0n) is 14.6. The molecule has 1 N–H and O–H groups in total. The number of amides is 1. The molecule has 2 aromatic rings. The normalized spacial score (nSPS) is 14.8. The standard InChI is InChI=1S/C18H17Cl3N2O4S/c19-14-9-16(21)17(10-15(14)20)27-11-18(24)22-12-3-5-13(6-4-12)28(25,26)23-7-1-2-8-23/h3-6,9-10H,1-2,7-8,11H2,(H,22,24). The highest BCUT2D eigenvalue weighted by Crippen LogP contribution is 2.33. The molecule has 0 bridgehead atoms. The van der Waals surface area contributed by atoms with Gasteiger partial charge in [-0.1, -0.05) is 34.8 Å². The van der Waals surface area contributed by atoms with Crippen LogP contribution in [0.3, 0.4) is 0 Å². The van der Waals surface area contributed by atoms with Gasteiger partial charge in [-0.2, -0.15) is 4.31 Å². The van der Waals surface area contributed by atoms with Gasteiger partial charge in [0.15, 0.2) is 6.61 Å². The Bertz CT molecular complexity index is 975. The fourth-order valence-corrected chi connectivity index (χ4v) is 4.85. The Hall–Kier alpha value is -1.51. The number of rotatable bonds is 6. The Morgan fingerprint density at radius 2 is 1.61 bits per heavy atom. The van der Waals surface area contributed by atoms with Crippen LogP contribution in [0.25, 0.3) is 0 Å². The third-order valence-electron chi connectivity index (χ3n) is 4.17. The summed E-state index contributed by atoms with van der Waals surface area (Å²) in [5, 5.41) is 3.41. The smallest absolute Gasteiger partial charge is 0.262 e. The third-order valence-corrected chi connectivity index (χ3v) is 7.10. The summed E-state index contributed by atoms with van der Waals surface area (Å²) in [6.07, 6.45) is 1.74. The summed E-state index contributed by atoms with van der Waals surface area (Å²) in [4.78, 5) is 12.3. The Labute approximate surface area is 178 Å². The highest BCUT2D eigenvalue weighted by molar-refractivity contribution is 7.89. The second-order valence-corrected chi connectivity index (χ2v) is 9.33. The average Bonchev–Trinajstić information content (AvgIpc) is 3.20. The largest absolute Gasteiger partial charge is 0.482 e. The second kappa shape index (κ2) is 8.88. The Morgan fingerprint density at radius 1 is 1.00 bits per heavy atom. The number of ether oxygens (including phenoxy) is 1. The maximum Gasteiger partial charge on any atom is 0.262 e. The van der Waals surface area contributed by atoms with Crippen LogP contribution >= 0.6 is 34.8 Å². The van der Waals surface area contributed by atoms with Crippen LogP contribution in [0.1, 0.15) is 12.8 Å². The summed E-state index contributed by atoms with van der Waals surface area (Å²) in [6, 6.07) is 8.87. The summed E-state index contributed by atoms with van der Waals surface area (Å²) < 4.78 is 31.8. The number of hydrogen-bond donors (Lipinski definition) is 1. The van der Waals surface area contributed by atoms with Gasteiger partial charge in [-0.3, -0.25) is 4.79 Å². The minimum atomic E-state index is -3.48. The number of hydrogen-bond acceptors (Lipinski definition) is 4. The van der Waals surface area contributed by atoms with Crippen molar-refractivity contribution >= 4 is 56.4 Å². The zero-order valence-corrected chi connectivity index (χ0v) is 17.7. The van der Waals surface area contributed by atoms with Crippen LogP contribution in [-0.2, 0) is 14.8 Å². The molecule has 1 aliphatic heterocycles. The van der Waals surface area contributed by atoms with E-state index in [1.54, 1.807) is 0 Å². The van der Waals surface area contributed by atoms with E-state index in [1.165, 1.54) is 40.7 Å². The second-order valence-electron chi connectivity index (χ2n) is 6.17. The minimum Gasteiger partial charge on any atom is -0.482 e. The van der Waals surface area contributed by atoms with E-state index in [0.29, 0.717) is 18.8 Å². The van der Waals surface area contributed by atoms with E-state index in [2.05, 4.69) is 5.32 Å². The number of nitrogens with one attached hydrogen (secondary N) is 1. The van der Waals surface area contributed by atoms with Crippen LogP contribution in [-0.4, -0.2) is 38.3 Å². The van der Waals surface area contributed by atoms with E-state index in [4.69, 9.17) is 39.5 Å². The monoisotopic (exact) mass is 462 g/mol. The van der Waals surface area contributed by atoms with Crippen molar-refractivity contribution in [1.82, 2.24) is 4.31 Å². The molecule has 150 valence electrons. The van der Waals surface area contributed by atoms with Gasteiger partial charge >= 0.3 is 0 Å². The predicted octanol–water partition coefficient (Wildman–Crippen LogP) is 4.45. The summed E-state index contributed by atoms with van der Waals surface area (Å²) in [7, 11) is -3.48. The molecule has 1 amide bonds. The predicted molar refractivity (Wildman–Crippen MR) is 110 cm³/mol. The van der Waals surface area contributed by atoms with Gasteiger partial charge in [-0.15, -0.1) is 0 Å². The molecule has 0 unspecified atom stereocenters. The maximum absolute atomic E-state index is 12.5. The van der Waals surface area contributed by atoms with E-state index < -0.39 is 15.9 Å². The quantitative estimate of drug-likeness (QED) is 0.642. The first kappa shape index (κ1) is 21.2. The molecular formula is C18H17Cl3N2O4S. The summed E-state index contributed by atoms with van der Waals surface area (Å²) in [5.41, 5.74) is 0.453. The Kier molecular flexibility index (Phi) is 6.73. The van der Waals surface area contributed by atoms with Crippen molar-refractivity contribution in [3.63, 3.8) is 0 Å². The van der Waals surface area contributed by atoms with E-state index in [-0.39, 0.29) is 32.3 Å². The molecule has 1 aliphatic rings. The van der Waals surface area contributed by atoms with Crippen molar-refractivity contribution in [2.75, 3.05) is 25.0 Å². The van der Waals surface area contributed by atoms with E-state index in [0.717, 1.165) is 12.8 Å². The van der Waals surface area contributed by atoms with Crippen LogP contribution in [0.5, 0.6) is 5.75 Å². The van der Waals surface area contributed by atoms with Gasteiger partial charge in [0.05, 0.1) is 20.0 Å². The van der Waals surface area contributed by atoms with E-state index in [1.807, 2.05) is 0 Å². The molecule has 0 atom stereocenters. The Morgan fingerprint density at radius 3 is 2.25 bits per heavy atom. The lowest BCUT2D eigenvalue weighted by Crippen LogP contribution is -2.27. The van der Waals surface area contributed by atoms with Crippen LogP contribution in [0.15, 0.2) is 41.3 Å². The molecule has 6 nitrogen and oxygen atoms in total. The number of nitrogens with zero attached hydrogens (tertiary/aromatic N) is 1. The first-order valence-electron chi connectivity index (χ1n) is 8.45. The van der Waals surface area contributed by atoms with Crippen LogP contribution in [0.4, 0.5) is 5.69 Å². The van der Waals surface area contributed by atoms with Crippen molar-refractivity contribution < 1.29 is 17.9 Å². The lowest BCUT2D eigenvalue weighted by molar-refractivity contribution is -0.118. The van der Waals surface area contributed by atoms with E-state index >= 15 is 0 Å². The Balaban J connectivity index is 1.59. The lowest BCUT2D eigenvalue weighted by Gasteiger charge is -2.15. The fourth-order valence-electron chi connectivity index (χ4n) is 2.74. The van der Waals surface area contributed by atoms with Gasteiger partial charge in [0.25, 0.3) is 5.91 Å². The van der Waals surface area contributed by atoms with Gasteiger partial charge < -0.3 is 10.1 Å². The molecule has 0 saturated carbocycles. The molecule has 0 aliphatic carbocycles. The molecule has 0 radical (unpaired) electrons. The topological polar surface area (TPSA) is 75.7 Å². The first-order valence-corrected chi connectivity index (χ1v) is 11.0. The maximum atomic E-state index is 12.5. The van der Waals surface area contributed by atoms with Crippen molar-refractivity contribution in [1.29, 1.82) is 0 Å². The molecule has 0 aromatic heterocycles. The van der Waals surface area contributed by atoms with Crippen molar-refractivity contribution in [3.8, 4) is 5.75 Å². The number of carbonyl (C=O) groups excluding carboxylic acids is 1. The van der Waals surface area contributed by atoms with E-state index in [9.17, 15) is 13.2 Å². The van der Waals surface area contributed by atoms with Crippen LogP contribution in [0, 0.1) is 0 Å². The fraction of sp³-hybridized carbons (Fsp3) is 0.278. The summed E-state index contributed by atoms with van der Waals surface area (Å²) >= 11 is 17.7. The van der Waals surface area contributed by atoms with Gasteiger partial charge in [-0.25, -0.2) is 8.42 Å². The number of benzene rings is 2. The van der Waals surface area contributed by atoms with Crippen molar-refractivity contribution in [2.45, 2.75) is 17.7 Å². The lowest BCUT2D eigenvalue weighted by atomic mass is 10.3. The van der Waals surface area contributed by atoms with Crippen LogP contribution < -0.4 is 10.1 Å². The molecule has 0 spiro atoms. The average molecular weight is 464 g/mol. The van der Waals surface area contributed by atoms with Gasteiger partial charge in [0, 0.05) is 24.8 Å². The van der Waals surface area contributed by atoms with Crippen molar-refractivity contribution in [2.24, 2.45) is 0 Å². The highest BCUT2D eigenvalue weighted by atomic mass is 35.5. The number of sulfonamides is 1. The van der Waals surface area contributed by atoms with Gasteiger partial charge in [0.2, 0.25) is 10.0 Å². The molecular weight excluding hydrogens is 447 g/mol. The number of anilines is 1. The number of carbonyl (C=O) groups is 1. The minimum absolute atomic E-state index is 0.200. The SMILES string of the molecule is O=C(COc1cc(Cl)c(Cl)cc1Cl)Nc1ccc(S(=O)(=O)N2CCCC2)cc1. The molecule has 3 rings (SSSR count). The van der Waals surface area contributed by atoms with Crippen molar-refractivity contribution in [3.05, 3.63) is 51.5 Å². The first-order chi connectivity index (χ1) is 13.3. The number of halogens is 3. The van der Waals surface area contributed by atoms with Gasteiger partial charge in [0.1, 0.15) is 5.75 Å². The molecule has 1 heterocycles. The summed E-state index contributed by atoms with van der Waals surface area (Å²) in [5.74, 6) is -0.199. The molecule has 1 saturated heterocycles. The van der Waals surface area contributed by atoms with Crippen LogP contribution in [0.2, 0.25) is 15.1 Å². The molecule has 28 heavy (non-hydrogen) atoms. The molecule has 10 heteroatoms. The highest BCUT2D eigenvalue weighted by Gasteiger charge is 2.26.